The number of amides is 1. The Morgan fingerprint density at radius 1 is 1.14 bits per heavy atom. The molecule has 1 aliphatic heterocycles. The van der Waals surface area contributed by atoms with Crippen molar-refractivity contribution in [1.82, 2.24) is 10.00 Å². The molecule has 0 bridgehead atoms. The third kappa shape index (κ3) is 4.43. The molecular weight excluding hydrogens is 452 g/mol. The SMILES string of the molecule is C=CC(=O)N1CCCC([n+]2[nH]c(-c3ccc(Oc4ccccc4)cc3)c3cc(C(=C)N)c(O)cc32)C1. The number of hydrogen-bond acceptors (Lipinski definition) is 4. The quantitative estimate of drug-likeness (QED) is 0.270. The monoisotopic (exact) mass is 481 g/mol. The molecular formula is C29H29N4O3+. The van der Waals surface area contributed by atoms with Gasteiger partial charge in [-0.1, -0.05) is 31.4 Å². The van der Waals surface area contributed by atoms with E-state index in [1.54, 1.807) is 6.07 Å². The van der Waals surface area contributed by atoms with Gasteiger partial charge in [-0.15, -0.1) is 4.68 Å². The van der Waals surface area contributed by atoms with E-state index in [9.17, 15) is 9.90 Å². The topological polar surface area (TPSA) is 95.5 Å². The van der Waals surface area contributed by atoms with Crippen LogP contribution in [0.2, 0.25) is 0 Å². The van der Waals surface area contributed by atoms with Crippen molar-refractivity contribution in [2.45, 2.75) is 18.9 Å². The minimum Gasteiger partial charge on any atom is -0.507 e. The van der Waals surface area contributed by atoms with Crippen LogP contribution in [0.4, 0.5) is 0 Å². The van der Waals surface area contributed by atoms with E-state index in [4.69, 9.17) is 10.5 Å². The van der Waals surface area contributed by atoms with Gasteiger partial charge in [0.25, 0.3) is 0 Å². The summed E-state index contributed by atoms with van der Waals surface area (Å²) in [6, 6.07) is 21.1. The van der Waals surface area contributed by atoms with E-state index in [1.165, 1.54) is 6.08 Å². The molecule has 36 heavy (non-hydrogen) atoms. The zero-order chi connectivity index (χ0) is 25.2. The van der Waals surface area contributed by atoms with Gasteiger partial charge in [0.05, 0.1) is 18.0 Å². The Balaban J connectivity index is 1.56. The van der Waals surface area contributed by atoms with E-state index in [-0.39, 0.29) is 17.7 Å². The molecule has 7 heteroatoms. The molecule has 3 aromatic carbocycles. The van der Waals surface area contributed by atoms with Gasteiger partial charge in [0.2, 0.25) is 11.4 Å². The Hall–Kier alpha value is -4.52. The van der Waals surface area contributed by atoms with Crippen LogP contribution in [0.5, 0.6) is 17.2 Å². The number of H-pyrrole nitrogens is 1. The summed E-state index contributed by atoms with van der Waals surface area (Å²) >= 11 is 0. The maximum Gasteiger partial charge on any atom is 0.246 e. The number of carbonyl (C=O) groups is 1. The molecule has 1 aromatic heterocycles. The number of benzene rings is 3. The molecule has 0 saturated carbocycles. The second kappa shape index (κ2) is 9.62. The summed E-state index contributed by atoms with van der Waals surface area (Å²) in [6.07, 6.45) is 3.13. The summed E-state index contributed by atoms with van der Waals surface area (Å²) in [7, 11) is 0. The number of fused-ring (bicyclic) bond motifs is 1. The van der Waals surface area contributed by atoms with Gasteiger partial charge < -0.3 is 20.5 Å². The van der Waals surface area contributed by atoms with Gasteiger partial charge in [0, 0.05) is 29.8 Å². The molecule has 0 aliphatic carbocycles. The number of ether oxygens (including phenoxy) is 1. The molecule has 1 aliphatic rings. The lowest BCUT2D eigenvalue weighted by molar-refractivity contribution is -0.752. The number of nitrogens with zero attached hydrogens (tertiary/aromatic N) is 2. The van der Waals surface area contributed by atoms with Gasteiger partial charge in [-0.3, -0.25) is 4.79 Å². The lowest BCUT2D eigenvalue weighted by Gasteiger charge is -2.28. The van der Waals surface area contributed by atoms with Crippen molar-refractivity contribution in [3.8, 4) is 28.5 Å². The fraction of sp³-hybridized carbons (Fsp3) is 0.172. The molecule has 4 N–H and O–H groups in total. The summed E-state index contributed by atoms with van der Waals surface area (Å²) in [5.74, 6) is 1.49. The van der Waals surface area contributed by atoms with Crippen LogP contribution in [-0.2, 0) is 4.79 Å². The number of nitrogens with one attached hydrogen (secondary N) is 1. The summed E-state index contributed by atoms with van der Waals surface area (Å²) in [4.78, 5) is 14.1. The maximum absolute atomic E-state index is 12.3. The normalized spacial score (nSPS) is 15.6. The molecule has 182 valence electrons. The first-order valence-corrected chi connectivity index (χ1v) is 11.9. The van der Waals surface area contributed by atoms with Crippen LogP contribution in [0, 0.1) is 0 Å². The molecule has 0 spiro atoms. The first-order valence-electron chi connectivity index (χ1n) is 11.9. The van der Waals surface area contributed by atoms with Crippen LogP contribution in [0.15, 0.2) is 86.0 Å². The first kappa shape index (κ1) is 23.2. The highest BCUT2D eigenvalue weighted by Gasteiger charge is 2.33. The number of phenolic OH excluding ortho intramolecular Hbond substituents is 1. The smallest absolute Gasteiger partial charge is 0.246 e. The molecule has 1 atom stereocenters. The van der Waals surface area contributed by atoms with Crippen molar-refractivity contribution in [1.29, 1.82) is 0 Å². The Morgan fingerprint density at radius 2 is 1.86 bits per heavy atom. The first-order chi connectivity index (χ1) is 17.4. The Morgan fingerprint density at radius 3 is 2.56 bits per heavy atom. The highest BCUT2D eigenvalue weighted by atomic mass is 16.5. The molecule has 2 heterocycles. The van der Waals surface area contributed by atoms with Gasteiger partial charge in [-0.2, -0.15) is 5.10 Å². The average Bonchev–Trinajstić information content (AvgIpc) is 3.27. The van der Waals surface area contributed by atoms with Gasteiger partial charge in [0.1, 0.15) is 22.9 Å². The van der Waals surface area contributed by atoms with Crippen LogP contribution in [0.1, 0.15) is 24.4 Å². The second-order valence-corrected chi connectivity index (χ2v) is 8.99. The Labute approximate surface area is 209 Å². The van der Waals surface area contributed by atoms with Crippen LogP contribution in [-0.4, -0.2) is 34.1 Å². The van der Waals surface area contributed by atoms with E-state index >= 15 is 0 Å². The Bertz CT molecular complexity index is 1440. The number of carbonyl (C=O) groups excluding carboxylic acids is 1. The molecule has 1 saturated heterocycles. The fourth-order valence-corrected chi connectivity index (χ4v) is 4.79. The van der Waals surface area contributed by atoms with E-state index in [0.29, 0.717) is 24.4 Å². The molecule has 1 amide bonds. The third-order valence-corrected chi connectivity index (χ3v) is 6.59. The van der Waals surface area contributed by atoms with Gasteiger partial charge in [-0.25, -0.2) is 0 Å². The van der Waals surface area contributed by atoms with Crippen molar-refractivity contribution in [2.75, 3.05) is 13.1 Å². The number of likely N-dealkylation sites (tertiary alicyclic amines) is 1. The predicted molar refractivity (Wildman–Crippen MR) is 140 cm³/mol. The van der Waals surface area contributed by atoms with Crippen LogP contribution < -0.4 is 15.2 Å². The molecule has 0 radical (unpaired) electrons. The van der Waals surface area contributed by atoms with Crippen molar-refractivity contribution >= 4 is 22.5 Å². The number of nitrogens with two attached hydrogens (primary N) is 1. The van der Waals surface area contributed by atoms with E-state index < -0.39 is 0 Å². The fourth-order valence-electron chi connectivity index (χ4n) is 4.79. The van der Waals surface area contributed by atoms with E-state index in [1.807, 2.05) is 70.2 Å². The number of rotatable bonds is 6. The lowest BCUT2D eigenvalue weighted by Crippen LogP contribution is -2.51. The van der Waals surface area contributed by atoms with Crippen molar-refractivity contribution in [2.24, 2.45) is 5.73 Å². The molecule has 5 rings (SSSR count). The number of aromatic amines is 1. The second-order valence-electron chi connectivity index (χ2n) is 8.99. The average molecular weight is 482 g/mol. The van der Waals surface area contributed by atoms with Crippen LogP contribution in [0.3, 0.4) is 0 Å². The standard InChI is InChI=1S/C29H28N4O3/c1-3-28(35)32-15-7-8-21(18-32)33-26-17-27(34)24(19(2)30)16-25(26)29(31-33)20-11-13-23(14-12-20)36-22-9-5-4-6-10-22/h3-6,9-14,16-17,21H,1-2,7-8,15,18,30H2,(H,31,34)/p+1. The van der Waals surface area contributed by atoms with Crippen LogP contribution in [0.25, 0.3) is 27.9 Å². The highest BCUT2D eigenvalue weighted by molar-refractivity contribution is 5.94. The number of phenols is 1. The van der Waals surface area contributed by atoms with Crippen molar-refractivity contribution in [3.05, 3.63) is 91.5 Å². The molecule has 1 fully saturated rings. The number of hydrogen-bond donors (Lipinski definition) is 3. The summed E-state index contributed by atoms with van der Waals surface area (Å²) in [5.41, 5.74) is 9.41. The predicted octanol–water partition coefficient (Wildman–Crippen LogP) is 4.90. The van der Waals surface area contributed by atoms with Gasteiger partial charge in [0.15, 0.2) is 6.04 Å². The summed E-state index contributed by atoms with van der Waals surface area (Å²) < 4.78 is 7.99. The molecule has 4 aromatic rings. The largest absolute Gasteiger partial charge is 0.507 e. The summed E-state index contributed by atoms with van der Waals surface area (Å²) in [6.45, 7) is 8.71. The molecule has 7 nitrogen and oxygen atoms in total. The summed E-state index contributed by atoms with van der Waals surface area (Å²) in [5, 5.41) is 15.1. The zero-order valence-corrected chi connectivity index (χ0v) is 20.0. The highest BCUT2D eigenvalue weighted by Crippen LogP contribution is 2.34. The number of aromatic hydroxyl groups is 1. The van der Waals surface area contributed by atoms with Crippen molar-refractivity contribution < 1.29 is 19.3 Å². The zero-order valence-electron chi connectivity index (χ0n) is 20.0. The number of piperidine rings is 1. The number of para-hydroxylation sites is 1. The van der Waals surface area contributed by atoms with Crippen molar-refractivity contribution in [3.63, 3.8) is 0 Å². The minimum absolute atomic E-state index is 0.0194. The molecule has 1 unspecified atom stereocenters. The van der Waals surface area contributed by atoms with Gasteiger partial charge >= 0.3 is 0 Å². The third-order valence-electron chi connectivity index (χ3n) is 6.59. The number of aromatic nitrogens is 2. The maximum atomic E-state index is 12.3. The minimum atomic E-state index is -0.0741. The lowest BCUT2D eigenvalue weighted by atomic mass is 10.0. The van der Waals surface area contributed by atoms with Gasteiger partial charge in [-0.05, 0) is 55.0 Å². The van der Waals surface area contributed by atoms with E-state index in [2.05, 4.69) is 18.3 Å². The van der Waals surface area contributed by atoms with E-state index in [0.717, 1.165) is 46.5 Å². The van der Waals surface area contributed by atoms with Crippen LogP contribution >= 0.6 is 0 Å². The Kier molecular flexibility index (Phi) is 6.21.